The van der Waals surface area contributed by atoms with Crippen LogP contribution in [0.4, 0.5) is 11.4 Å². The highest BCUT2D eigenvalue weighted by atomic mass is 16.6. The van der Waals surface area contributed by atoms with Crippen LogP contribution in [0.5, 0.6) is 0 Å². The van der Waals surface area contributed by atoms with Gasteiger partial charge in [0, 0.05) is 13.1 Å². The number of nitrogens with two attached hydrogens (primary N) is 1. The van der Waals surface area contributed by atoms with Gasteiger partial charge in [0.25, 0.3) is 0 Å². The smallest absolute Gasteiger partial charge is 0.332 e. The van der Waals surface area contributed by atoms with Crippen LogP contribution in [-0.4, -0.2) is 32.3 Å². The van der Waals surface area contributed by atoms with Crippen LogP contribution in [-0.2, 0) is 14.3 Å². The molecule has 0 saturated heterocycles. The predicted octanol–water partition coefficient (Wildman–Crippen LogP) is 4.03. The number of hydrogen-bond donors (Lipinski definition) is 1. The molecule has 1 rings (SSSR count). The molecule has 25 heavy (non-hydrogen) atoms. The van der Waals surface area contributed by atoms with Crippen LogP contribution < -0.4 is 10.6 Å². The van der Waals surface area contributed by atoms with Gasteiger partial charge in [0.2, 0.25) is 0 Å². The van der Waals surface area contributed by atoms with Crippen LogP contribution in [0.15, 0.2) is 18.2 Å². The average molecular weight is 351 g/mol. The highest BCUT2D eigenvalue weighted by Gasteiger charge is 2.16. The van der Waals surface area contributed by atoms with E-state index in [0.717, 1.165) is 30.0 Å². The van der Waals surface area contributed by atoms with Crippen molar-refractivity contribution in [2.24, 2.45) is 11.8 Å². The number of rotatable bonds is 10. The fraction of sp³-hybridized carbons (Fsp3) is 0.650. The zero-order valence-electron chi connectivity index (χ0n) is 16.5. The van der Waals surface area contributed by atoms with Crippen molar-refractivity contribution >= 4 is 17.3 Å². The first-order valence-corrected chi connectivity index (χ1v) is 9.16. The summed E-state index contributed by atoms with van der Waals surface area (Å²) < 4.78 is 10.5. The number of nitrogens with zero attached hydrogens (tertiary/aromatic N) is 1. The highest BCUT2D eigenvalue weighted by molar-refractivity contribution is 5.71. The zero-order chi connectivity index (χ0) is 19.0. The van der Waals surface area contributed by atoms with Gasteiger partial charge in [-0.15, -0.1) is 0 Å². The van der Waals surface area contributed by atoms with Crippen molar-refractivity contribution < 1.29 is 14.3 Å². The minimum absolute atomic E-state index is 0.0521. The van der Waals surface area contributed by atoms with E-state index in [9.17, 15) is 4.79 Å². The monoisotopic (exact) mass is 350 g/mol. The molecule has 5 nitrogen and oxygen atoms in total. The molecule has 0 spiro atoms. The number of anilines is 2. The van der Waals surface area contributed by atoms with E-state index < -0.39 is 0 Å². The number of carbonyl (C=O) groups excluding carboxylic acids is 1. The van der Waals surface area contributed by atoms with Gasteiger partial charge in [0.05, 0.1) is 24.1 Å². The van der Waals surface area contributed by atoms with Gasteiger partial charge in [-0.2, -0.15) is 0 Å². The molecule has 1 aromatic carbocycles. The van der Waals surface area contributed by atoms with E-state index in [0.29, 0.717) is 18.4 Å². The van der Waals surface area contributed by atoms with Crippen molar-refractivity contribution in [3.63, 3.8) is 0 Å². The van der Waals surface area contributed by atoms with Gasteiger partial charge in [-0.05, 0) is 43.4 Å². The Labute approximate surface area is 152 Å². The molecule has 0 saturated carbocycles. The van der Waals surface area contributed by atoms with E-state index in [4.69, 9.17) is 15.2 Å². The highest BCUT2D eigenvalue weighted by Crippen LogP contribution is 2.29. The summed E-state index contributed by atoms with van der Waals surface area (Å²) in [5, 5.41) is 0. The van der Waals surface area contributed by atoms with Crippen LogP contribution in [0.3, 0.4) is 0 Å². The molecular formula is C20H34N2O3. The molecule has 0 aliphatic carbocycles. The third kappa shape index (κ3) is 7.34. The normalized spacial score (nSPS) is 12.5. The second-order valence-electron chi connectivity index (χ2n) is 7.27. The van der Waals surface area contributed by atoms with Gasteiger partial charge >= 0.3 is 5.97 Å². The van der Waals surface area contributed by atoms with Crippen molar-refractivity contribution in [2.45, 2.75) is 47.6 Å². The summed E-state index contributed by atoms with van der Waals surface area (Å²) in [4.78, 5) is 13.8. The van der Waals surface area contributed by atoms with Gasteiger partial charge < -0.3 is 20.1 Å². The lowest BCUT2D eigenvalue weighted by Crippen LogP contribution is -2.32. The Morgan fingerprint density at radius 2 is 1.72 bits per heavy atom. The summed E-state index contributed by atoms with van der Waals surface area (Å²) in [7, 11) is 0. The molecule has 1 unspecified atom stereocenters. The molecule has 142 valence electrons. The molecule has 0 aliphatic heterocycles. The van der Waals surface area contributed by atoms with E-state index in [2.05, 4.69) is 38.7 Å². The molecule has 2 N–H and O–H groups in total. The lowest BCUT2D eigenvalue weighted by molar-refractivity contribution is -0.150. The molecule has 0 aromatic heterocycles. The number of hydrogen-bond acceptors (Lipinski definition) is 5. The number of nitrogen functional groups attached to an aromatic ring is 1. The minimum atomic E-state index is -0.348. The van der Waals surface area contributed by atoms with Crippen molar-refractivity contribution in [3.8, 4) is 0 Å². The fourth-order valence-electron chi connectivity index (χ4n) is 2.76. The van der Waals surface area contributed by atoms with Crippen LogP contribution in [0.1, 0.15) is 53.2 Å². The molecule has 0 radical (unpaired) electrons. The lowest BCUT2D eigenvalue weighted by atomic mass is 10.1. The quantitative estimate of drug-likeness (QED) is 0.510. The first-order chi connectivity index (χ1) is 11.7. The van der Waals surface area contributed by atoms with E-state index >= 15 is 0 Å². The summed E-state index contributed by atoms with van der Waals surface area (Å²) in [6, 6.07) is 6.02. The minimum Gasteiger partial charge on any atom is -0.464 e. The number of esters is 1. The Kier molecular flexibility index (Phi) is 8.76. The molecule has 0 heterocycles. The molecule has 0 fully saturated rings. The third-order valence-corrected chi connectivity index (χ3v) is 3.79. The van der Waals surface area contributed by atoms with Gasteiger partial charge in [-0.3, -0.25) is 0 Å². The second kappa shape index (κ2) is 10.3. The Bertz CT molecular complexity index is 534. The summed E-state index contributed by atoms with van der Waals surface area (Å²) in [5.74, 6) is 0.772. The molecule has 5 heteroatoms. The number of ether oxygens (including phenoxy) is 2. The molecule has 1 aromatic rings. The van der Waals surface area contributed by atoms with E-state index in [-0.39, 0.29) is 18.7 Å². The van der Waals surface area contributed by atoms with Crippen LogP contribution in [0.2, 0.25) is 0 Å². The summed E-state index contributed by atoms with van der Waals surface area (Å²) in [6.45, 7) is 14.8. The summed E-state index contributed by atoms with van der Waals surface area (Å²) in [6.07, 6.45) is -0.218. The van der Waals surface area contributed by atoms with Crippen molar-refractivity contribution in [2.75, 3.05) is 36.9 Å². The van der Waals surface area contributed by atoms with E-state index in [1.54, 1.807) is 6.92 Å². The predicted molar refractivity (Wildman–Crippen MR) is 104 cm³/mol. The Hall–Kier alpha value is -1.75. The zero-order valence-corrected chi connectivity index (χ0v) is 16.5. The Morgan fingerprint density at radius 1 is 1.12 bits per heavy atom. The first-order valence-electron chi connectivity index (χ1n) is 9.16. The maximum Gasteiger partial charge on any atom is 0.332 e. The molecule has 0 amide bonds. The maximum absolute atomic E-state index is 11.4. The fourth-order valence-corrected chi connectivity index (χ4v) is 2.76. The first kappa shape index (κ1) is 21.3. The largest absolute Gasteiger partial charge is 0.464 e. The van der Waals surface area contributed by atoms with E-state index in [1.807, 2.05) is 19.1 Å². The van der Waals surface area contributed by atoms with Crippen molar-refractivity contribution in [1.29, 1.82) is 0 Å². The number of benzene rings is 1. The van der Waals surface area contributed by atoms with Crippen LogP contribution in [0.25, 0.3) is 0 Å². The number of carbonyl (C=O) groups is 1. The standard InChI is InChI=1S/C20H34N2O3/c1-7-24-20(23)13-25-16(6)17-8-9-19(18(21)10-17)22(11-14(2)3)12-15(4)5/h8-10,14-16H,7,11-13,21H2,1-6H3. The molecule has 0 aliphatic rings. The van der Waals surface area contributed by atoms with Crippen molar-refractivity contribution in [3.05, 3.63) is 23.8 Å². The summed E-state index contributed by atoms with van der Waals surface area (Å²) in [5.41, 5.74) is 9.08. The SMILES string of the molecule is CCOC(=O)COC(C)c1ccc(N(CC(C)C)CC(C)C)c(N)c1. The summed E-state index contributed by atoms with van der Waals surface area (Å²) >= 11 is 0. The van der Waals surface area contributed by atoms with E-state index in [1.165, 1.54) is 0 Å². The van der Waals surface area contributed by atoms with Crippen LogP contribution >= 0.6 is 0 Å². The second-order valence-corrected chi connectivity index (χ2v) is 7.27. The Balaban J connectivity index is 2.84. The van der Waals surface area contributed by atoms with Crippen LogP contribution in [0, 0.1) is 11.8 Å². The van der Waals surface area contributed by atoms with Gasteiger partial charge in [0.1, 0.15) is 6.61 Å². The average Bonchev–Trinajstić information content (AvgIpc) is 2.51. The third-order valence-electron chi connectivity index (χ3n) is 3.79. The lowest BCUT2D eigenvalue weighted by Gasteiger charge is -2.30. The van der Waals surface area contributed by atoms with Gasteiger partial charge in [-0.25, -0.2) is 4.79 Å². The molecular weight excluding hydrogens is 316 g/mol. The molecule has 0 bridgehead atoms. The van der Waals surface area contributed by atoms with Gasteiger partial charge in [0.15, 0.2) is 0 Å². The van der Waals surface area contributed by atoms with Gasteiger partial charge in [-0.1, -0.05) is 33.8 Å². The van der Waals surface area contributed by atoms with Crippen molar-refractivity contribution in [1.82, 2.24) is 0 Å². The molecule has 1 atom stereocenters. The maximum atomic E-state index is 11.4. The topological polar surface area (TPSA) is 64.8 Å². The Morgan fingerprint density at radius 3 is 2.20 bits per heavy atom.